The second kappa shape index (κ2) is 5.54. The summed E-state index contributed by atoms with van der Waals surface area (Å²) in [7, 11) is 0. The van der Waals surface area contributed by atoms with E-state index in [1.54, 1.807) is 23.5 Å². The first-order chi connectivity index (χ1) is 8.54. The van der Waals surface area contributed by atoms with Gasteiger partial charge in [-0.25, -0.2) is 4.39 Å². The number of hydrogen-bond acceptors (Lipinski definition) is 1. The average molecular weight is 327 g/mol. The standard InChI is InChI=1S/C15H16BrFS/c1-4-11-5-6-18-15(11)14(16)13-9(2)7-12(17)8-10(13)3/h5-8,14H,4H2,1-3H3. The predicted octanol–water partition coefficient (Wildman–Crippen LogP) is 5.55. The van der Waals surface area contributed by atoms with Crippen LogP contribution in [0.2, 0.25) is 0 Å². The zero-order valence-corrected chi connectivity index (χ0v) is 13.2. The molecular formula is C15H16BrFS. The molecule has 0 aliphatic rings. The van der Waals surface area contributed by atoms with Gasteiger partial charge in [0, 0.05) is 4.88 Å². The van der Waals surface area contributed by atoms with Crippen LogP contribution in [0.4, 0.5) is 4.39 Å². The average Bonchev–Trinajstić information content (AvgIpc) is 2.75. The molecule has 0 aliphatic carbocycles. The van der Waals surface area contributed by atoms with Gasteiger partial charge in [-0.05, 0) is 66.1 Å². The van der Waals surface area contributed by atoms with Crippen LogP contribution in [-0.2, 0) is 6.42 Å². The van der Waals surface area contributed by atoms with E-state index in [2.05, 4.69) is 34.3 Å². The van der Waals surface area contributed by atoms with Gasteiger partial charge in [-0.15, -0.1) is 11.3 Å². The van der Waals surface area contributed by atoms with Crippen molar-refractivity contribution in [2.24, 2.45) is 0 Å². The first kappa shape index (κ1) is 13.8. The van der Waals surface area contributed by atoms with Crippen molar-refractivity contribution < 1.29 is 4.39 Å². The molecule has 3 heteroatoms. The van der Waals surface area contributed by atoms with Crippen molar-refractivity contribution in [2.45, 2.75) is 32.0 Å². The maximum Gasteiger partial charge on any atom is 0.123 e. The Bertz CT molecular complexity index is 536. The highest BCUT2D eigenvalue weighted by Crippen LogP contribution is 2.39. The lowest BCUT2D eigenvalue weighted by molar-refractivity contribution is 0.624. The predicted molar refractivity (Wildman–Crippen MR) is 80.3 cm³/mol. The molecule has 0 saturated heterocycles. The maximum absolute atomic E-state index is 13.3. The third kappa shape index (κ3) is 2.52. The topological polar surface area (TPSA) is 0 Å². The summed E-state index contributed by atoms with van der Waals surface area (Å²) in [5.74, 6) is -0.157. The zero-order valence-electron chi connectivity index (χ0n) is 10.8. The lowest BCUT2D eigenvalue weighted by Gasteiger charge is -2.16. The fourth-order valence-corrected chi connectivity index (χ4v) is 4.63. The number of hydrogen-bond donors (Lipinski definition) is 0. The summed E-state index contributed by atoms with van der Waals surface area (Å²) in [6.07, 6.45) is 1.03. The van der Waals surface area contributed by atoms with E-state index in [0.717, 1.165) is 17.5 Å². The second-order valence-electron chi connectivity index (χ2n) is 4.48. The molecule has 0 saturated carbocycles. The van der Waals surface area contributed by atoms with Crippen LogP contribution in [0.1, 0.15) is 38.9 Å². The number of aryl methyl sites for hydroxylation is 3. The van der Waals surface area contributed by atoms with E-state index in [0.29, 0.717) is 0 Å². The Labute approximate surface area is 120 Å². The summed E-state index contributed by atoms with van der Waals surface area (Å²) >= 11 is 5.54. The number of benzene rings is 1. The molecule has 2 rings (SSSR count). The summed E-state index contributed by atoms with van der Waals surface area (Å²) < 4.78 is 13.3. The minimum absolute atomic E-state index is 0.157. The van der Waals surface area contributed by atoms with Crippen molar-refractivity contribution in [3.8, 4) is 0 Å². The second-order valence-corrected chi connectivity index (χ2v) is 6.34. The van der Waals surface area contributed by atoms with Crippen LogP contribution in [-0.4, -0.2) is 0 Å². The van der Waals surface area contributed by atoms with E-state index >= 15 is 0 Å². The van der Waals surface area contributed by atoms with E-state index in [-0.39, 0.29) is 10.6 Å². The molecule has 1 aromatic heterocycles. The third-order valence-corrected chi connectivity index (χ3v) is 5.45. The zero-order chi connectivity index (χ0) is 13.3. The van der Waals surface area contributed by atoms with Crippen molar-refractivity contribution >= 4 is 27.3 Å². The molecule has 0 nitrogen and oxygen atoms in total. The van der Waals surface area contributed by atoms with Gasteiger partial charge in [0.05, 0.1) is 4.83 Å². The molecule has 0 spiro atoms. The normalized spacial score (nSPS) is 12.7. The summed E-state index contributed by atoms with van der Waals surface area (Å²) in [6, 6.07) is 5.38. The molecular weight excluding hydrogens is 311 g/mol. The molecule has 0 bridgehead atoms. The lowest BCUT2D eigenvalue weighted by Crippen LogP contribution is -2.00. The monoisotopic (exact) mass is 326 g/mol. The van der Waals surface area contributed by atoms with Crippen LogP contribution in [0.15, 0.2) is 23.6 Å². The molecule has 1 aromatic carbocycles. The molecule has 1 heterocycles. The van der Waals surface area contributed by atoms with E-state index in [4.69, 9.17) is 0 Å². The molecule has 1 unspecified atom stereocenters. The van der Waals surface area contributed by atoms with Crippen LogP contribution in [0.5, 0.6) is 0 Å². The smallest absolute Gasteiger partial charge is 0.123 e. The Hall–Kier alpha value is -0.670. The van der Waals surface area contributed by atoms with Crippen molar-refractivity contribution in [3.05, 3.63) is 56.5 Å². The molecule has 0 radical (unpaired) electrons. The first-order valence-corrected chi connectivity index (χ1v) is 7.81. The Morgan fingerprint density at radius 3 is 2.44 bits per heavy atom. The number of halogens is 2. The largest absolute Gasteiger partial charge is 0.207 e. The van der Waals surface area contributed by atoms with Crippen LogP contribution in [0.3, 0.4) is 0 Å². The van der Waals surface area contributed by atoms with E-state index in [1.807, 2.05) is 13.8 Å². The Kier molecular flexibility index (Phi) is 4.23. The highest BCUT2D eigenvalue weighted by molar-refractivity contribution is 9.09. The number of alkyl halides is 1. The van der Waals surface area contributed by atoms with Gasteiger partial charge in [0.1, 0.15) is 5.82 Å². The third-order valence-electron chi connectivity index (χ3n) is 3.20. The Morgan fingerprint density at radius 2 is 1.89 bits per heavy atom. The molecule has 1 atom stereocenters. The molecule has 0 aliphatic heterocycles. The quantitative estimate of drug-likeness (QED) is 0.648. The summed E-state index contributed by atoms with van der Waals surface area (Å²) in [6.45, 7) is 6.10. The minimum Gasteiger partial charge on any atom is -0.207 e. The van der Waals surface area contributed by atoms with Crippen LogP contribution < -0.4 is 0 Å². The Balaban J connectivity index is 2.49. The first-order valence-electron chi connectivity index (χ1n) is 6.01. The maximum atomic E-state index is 13.3. The molecule has 0 N–H and O–H groups in total. The summed E-state index contributed by atoms with van der Waals surface area (Å²) in [5, 5.41) is 2.12. The van der Waals surface area contributed by atoms with Gasteiger partial charge >= 0.3 is 0 Å². The van der Waals surface area contributed by atoms with Gasteiger partial charge < -0.3 is 0 Å². The molecule has 2 aromatic rings. The summed E-state index contributed by atoms with van der Waals surface area (Å²) in [4.78, 5) is 1.49. The molecule has 18 heavy (non-hydrogen) atoms. The van der Waals surface area contributed by atoms with E-state index < -0.39 is 0 Å². The number of rotatable bonds is 3. The van der Waals surface area contributed by atoms with E-state index in [9.17, 15) is 4.39 Å². The van der Waals surface area contributed by atoms with E-state index in [1.165, 1.54) is 16.0 Å². The minimum atomic E-state index is -0.157. The summed E-state index contributed by atoms with van der Waals surface area (Å²) in [5.41, 5.74) is 4.56. The van der Waals surface area contributed by atoms with Gasteiger partial charge in [-0.1, -0.05) is 22.9 Å². The fourth-order valence-electron chi connectivity index (χ4n) is 2.31. The Morgan fingerprint density at radius 1 is 1.28 bits per heavy atom. The van der Waals surface area contributed by atoms with Crippen LogP contribution in [0.25, 0.3) is 0 Å². The molecule has 96 valence electrons. The van der Waals surface area contributed by atoms with Gasteiger partial charge in [0.25, 0.3) is 0 Å². The molecule has 0 amide bonds. The van der Waals surface area contributed by atoms with Gasteiger partial charge in [-0.2, -0.15) is 0 Å². The lowest BCUT2D eigenvalue weighted by atomic mass is 9.97. The van der Waals surface area contributed by atoms with Crippen LogP contribution in [0, 0.1) is 19.7 Å². The SMILES string of the molecule is CCc1ccsc1C(Br)c1c(C)cc(F)cc1C. The fraction of sp³-hybridized carbons (Fsp3) is 0.333. The van der Waals surface area contributed by atoms with Gasteiger partial charge in [0.2, 0.25) is 0 Å². The van der Waals surface area contributed by atoms with Crippen molar-refractivity contribution in [1.82, 2.24) is 0 Å². The van der Waals surface area contributed by atoms with Gasteiger partial charge in [0.15, 0.2) is 0 Å². The van der Waals surface area contributed by atoms with Crippen molar-refractivity contribution in [2.75, 3.05) is 0 Å². The van der Waals surface area contributed by atoms with Crippen molar-refractivity contribution in [3.63, 3.8) is 0 Å². The van der Waals surface area contributed by atoms with Crippen LogP contribution >= 0.6 is 27.3 Å². The molecule has 0 fully saturated rings. The van der Waals surface area contributed by atoms with Crippen molar-refractivity contribution in [1.29, 1.82) is 0 Å². The highest BCUT2D eigenvalue weighted by atomic mass is 79.9. The van der Waals surface area contributed by atoms with Gasteiger partial charge in [-0.3, -0.25) is 0 Å². The highest BCUT2D eigenvalue weighted by Gasteiger charge is 2.19. The number of thiophene rings is 1.